The van der Waals surface area contributed by atoms with E-state index in [1.54, 1.807) is 24.1 Å². The van der Waals surface area contributed by atoms with Gasteiger partial charge in [-0.15, -0.1) is 0 Å². The predicted octanol–water partition coefficient (Wildman–Crippen LogP) is 7.58. The molecular formula is C32H34FN3O2S. The highest BCUT2D eigenvalue weighted by molar-refractivity contribution is 8.00. The molecule has 0 saturated carbocycles. The van der Waals surface area contributed by atoms with Crippen molar-refractivity contribution in [2.45, 2.75) is 25.7 Å². The first kappa shape index (κ1) is 26.9. The molecule has 7 heteroatoms. The van der Waals surface area contributed by atoms with E-state index in [9.17, 15) is 9.18 Å². The van der Waals surface area contributed by atoms with Gasteiger partial charge in [0.25, 0.3) is 0 Å². The summed E-state index contributed by atoms with van der Waals surface area (Å²) in [5.74, 6) is 0.649. The zero-order valence-electron chi connectivity index (χ0n) is 22.5. The topological polar surface area (TPSA) is 48.7 Å². The lowest BCUT2D eigenvalue weighted by Gasteiger charge is -2.25. The van der Waals surface area contributed by atoms with Crippen LogP contribution in [0.5, 0.6) is 0 Å². The van der Waals surface area contributed by atoms with Gasteiger partial charge in [0.1, 0.15) is 17.2 Å². The van der Waals surface area contributed by atoms with Gasteiger partial charge in [-0.25, -0.2) is 4.39 Å². The van der Waals surface area contributed by atoms with Crippen LogP contribution in [0.3, 0.4) is 0 Å². The highest BCUT2D eigenvalue weighted by Gasteiger charge is 2.23. The number of nitrogens with zero attached hydrogens (tertiary/aromatic N) is 2. The molecule has 1 fully saturated rings. The zero-order valence-corrected chi connectivity index (χ0v) is 23.3. The maximum absolute atomic E-state index is 13.7. The third kappa shape index (κ3) is 5.69. The Bertz CT molecular complexity index is 1470. The van der Waals surface area contributed by atoms with Crippen LogP contribution in [0.2, 0.25) is 0 Å². The standard InChI is InChI=1S/C32H34FN3O2S/c1-22(34-2)31-27-20-26(23-10-5-4-6-11-23)28(21-29(27)38-32(31)24-13-15-25(33)16-14-24)36(39-3)19-8-7-17-35-18-9-12-30(35)37/h4-6,10-11,13-16,20-21,34H,1,7-9,12,17-19H2,2-3H3. The van der Waals surface area contributed by atoms with E-state index in [0.29, 0.717) is 12.2 Å². The van der Waals surface area contributed by atoms with Crippen LogP contribution in [0.4, 0.5) is 10.1 Å². The van der Waals surface area contributed by atoms with Gasteiger partial charge in [0.05, 0.1) is 11.3 Å². The van der Waals surface area contributed by atoms with Crippen LogP contribution >= 0.6 is 11.9 Å². The van der Waals surface area contributed by atoms with Gasteiger partial charge < -0.3 is 18.9 Å². The highest BCUT2D eigenvalue weighted by Crippen LogP contribution is 2.43. The SMILES string of the molecule is C=C(NC)c1c(-c2ccc(F)cc2)oc2cc(N(CCCCN3CCCC3=O)SC)c(-c3ccccc3)cc12. The molecular weight excluding hydrogens is 509 g/mol. The van der Waals surface area contributed by atoms with Crippen LogP contribution in [0.25, 0.3) is 39.1 Å². The Morgan fingerprint density at radius 1 is 1.10 bits per heavy atom. The second-order valence-electron chi connectivity index (χ2n) is 9.75. The van der Waals surface area contributed by atoms with Crippen molar-refractivity contribution in [3.63, 3.8) is 0 Å². The lowest BCUT2D eigenvalue weighted by atomic mass is 9.97. The van der Waals surface area contributed by atoms with Crippen LogP contribution in [0, 0.1) is 5.82 Å². The van der Waals surface area contributed by atoms with Crippen molar-refractivity contribution >= 4 is 40.2 Å². The van der Waals surface area contributed by atoms with E-state index in [0.717, 1.165) is 83.5 Å². The van der Waals surface area contributed by atoms with Crippen molar-refractivity contribution in [1.29, 1.82) is 0 Å². The van der Waals surface area contributed by atoms with Crippen LogP contribution < -0.4 is 9.62 Å². The van der Waals surface area contributed by atoms with E-state index in [1.165, 1.54) is 12.1 Å². The monoisotopic (exact) mass is 543 g/mol. The van der Waals surface area contributed by atoms with Crippen molar-refractivity contribution in [2.24, 2.45) is 0 Å². The Hall–Kier alpha value is -3.71. The second kappa shape index (κ2) is 12.0. The van der Waals surface area contributed by atoms with E-state index in [-0.39, 0.29) is 11.7 Å². The maximum atomic E-state index is 13.7. The molecule has 202 valence electrons. The lowest BCUT2D eigenvalue weighted by Crippen LogP contribution is -2.26. The highest BCUT2D eigenvalue weighted by atomic mass is 32.2. The molecule has 4 aromatic rings. The number of hydrogen-bond donors (Lipinski definition) is 1. The summed E-state index contributed by atoms with van der Waals surface area (Å²) in [5.41, 5.74) is 6.42. The molecule has 0 aliphatic carbocycles. The summed E-state index contributed by atoms with van der Waals surface area (Å²) in [7, 11) is 1.84. The third-order valence-corrected chi connectivity index (χ3v) is 8.12. The Labute approximate surface area is 233 Å². The molecule has 0 bridgehead atoms. The normalized spacial score (nSPS) is 13.3. The van der Waals surface area contributed by atoms with Crippen molar-refractivity contribution < 1.29 is 13.6 Å². The maximum Gasteiger partial charge on any atom is 0.222 e. The minimum Gasteiger partial charge on any atom is -0.455 e. The molecule has 1 aliphatic rings. The van der Waals surface area contributed by atoms with Gasteiger partial charge in [0.2, 0.25) is 5.91 Å². The van der Waals surface area contributed by atoms with Crippen molar-refractivity contribution in [1.82, 2.24) is 10.2 Å². The molecule has 5 rings (SSSR count). The quantitative estimate of drug-likeness (QED) is 0.156. The second-order valence-corrected chi connectivity index (χ2v) is 10.6. The van der Waals surface area contributed by atoms with Crippen molar-refractivity contribution in [3.8, 4) is 22.5 Å². The Kier molecular flexibility index (Phi) is 8.27. The Morgan fingerprint density at radius 2 is 1.87 bits per heavy atom. The minimum atomic E-state index is -0.290. The van der Waals surface area contributed by atoms with Gasteiger partial charge in [-0.1, -0.05) is 48.9 Å². The summed E-state index contributed by atoms with van der Waals surface area (Å²) < 4.78 is 22.5. The summed E-state index contributed by atoms with van der Waals surface area (Å²) in [6, 6.07) is 21.0. The molecule has 3 aromatic carbocycles. The van der Waals surface area contributed by atoms with Crippen LogP contribution in [0.1, 0.15) is 31.2 Å². The molecule has 1 amide bonds. The van der Waals surface area contributed by atoms with Crippen molar-refractivity contribution in [3.05, 3.63) is 84.7 Å². The molecule has 0 unspecified atom stereocenters. The lowest BCUT2D eigenvalue weighted by molar-refractivity contribution is -0.127. The van der Waals surface area contributed by atoms with Crippen LogP contribution in [-0.2, 0) is 4.79 Å². The fourth-order valence-corrected chi connectivity index (χ4v) is 5.88. The molecule has 1 aromatic heterocycles. The summed E-state index contributed by atoms with van der Waals surface area (Å²) >= 11 is 1.68. The van der Waals surface area contributed by atoms with Gasteiger partial charge in [0, 0.05) is 67.6 Å². The number of likely N-dealkylation sites (tertiary alicyclic amines) is 1. The van der Waals surface area contributed by atoms with Gasteiger partial charge >= 0.3 is 0 Å². The fourth-order valence-electron chi connectivity index (χ4n) is 5.23. The fraction of sp³-hybridized carbons (Fsp3) is 0.281. The number of unbranched alkanes of at least 4 members (excludes halogenated alkanes) is 1. The van der Waals surface area contributed by atoms with E-state index in [1.807, 2.05) is 30.1 Å². The van der Waals surface area contributed by atoms with Crippen molar-refractivity contribution in [2.75, 3.05) is 37.2 Å². The molecule has 1 saturated heterocycles. The number of hydrogen-bond acceptors (Lipinski definition) is 5. The van der Waals surface area contributed by atoms with Crippen LogP contribution in [-0.4, -0.2) is 43.7 Å². The number of furan rings is 1. The molecule has 1 aliphatic heterocycles. The van der Waals surface area contributed by atoms with E-state index >= 15 is 0 Å². The van der Waals surface area contributed by atoms with Crippen LogP contribution in [0.15, 0.2) is 77.7 Å². The number of anilines is 1. The van der Waals surface area contributed by atoms with E-state index in [2.05, 4.69) is 46.7 Å². The molecule has 0 atom stereocenters. The predicted molar refractivity (Wildman–Crippen MR) is 161 cm³/mol. The average Bonchev–Trinajstić information content (AvgIpc) is 3.55. The number of nitrogens with one attached hydrogen (secondary N) is 1. The first-order chi connectivity index (χ1) is 19.0. The number of amides is 1. The summed E-state index contributed by atoms with van der Waals surface area (Å²) in [6.07, 6.45) is 5.68. The molecule has 0 spiro atoms. The van der Waals surface area contributed by atoms with Gasteiger partial charge in [-0.05, 0) is 55.2 Å². The third-order valence-electron chi connectivity index (χ3n) is 7.30. The number of benzene rings is 3. The first-order valence-electron chi connectivity index (χ1n) is 13.4. The Balaban J connectivity index is 1.55. The first-order valence-corrected chi connectivity index (χ1v) is 14.6. The average molecular weight is 544 g/mol. The number of halogens is 1. The molecule has 1 N–H and O–H groups in total. The van der Waals surface area contributed by atoms with Gasteiger partial charge in [0.15, 0.2) is 0 Å². The minimum absolute atomic E-state index is 0.280. The van der Waals surface area contributed by atoms with E-state index in [4.69, 9.17) is 4.42 Å². The molecule has 0 radical (unpaired) electrons. The summed E-state index contributed by atoms with van der Waals surface area (Å²) in [6.45, 7) is 6.79. The summed E-state index contributed by atoms with van der Waals surface area (Å²) in [4.78, 5) is 14.0. The van der Waals surface area contributed by atoms with Gasteiger partial charge in [-0.3, -0.25) is 4.79 Å². The zero-order chi connectivity index (χ0) is 27.4. The smallest absolute Gasteiger partial charge is 0.222 e. The van der Waals surface area contributed by atoms with Gasteiger partial charge in [-0.2, -0.15) is 0 Å². The molecule has 2 heterocycles. The number of carbonyl (C=O) groups excluding carboxylic acids is 1. The molecule has 39 heavy (non-hydrogen) atoms. The van der Waals surface area contributed by atoms with E-state index < -0.39 is 0 Å². The summed E-state index contributed by atoms with van der Waals surface area (Å²) in [5, 5.41) is 4.13. The number of carbonyl (C=O) groups is 1. The number of rotatable bonds is 11. The Morgan fingerprint density at radius 3 is 2.54 bits per heavy atom. The largest absolute Gasteiger partial charge is 0.455 e. The molecule has 5 nitrogen and oxygen atoms in total. The number of fused-ring (bicyclic) bond motifs is 1.